The van der Waals surface area contributed by atoms with E-state index in [-0.39, 0.29) is 4.90 Å². The topological polar surface area (TPSA) is 55.4 Å². The van der Waals surface area contributed by atoms with Crippen LogP contribution in [0.25, 0.3) is 0 Å². The van der Waals surface area contributed by atoms with Crippen molar-refractivity contribution in [2.45, 2.75) is 24.7 Å². The maximum absolute atomic E-state index is 12.3. The van der Waals surface area contributed by atoms with Crippen molar-refractivity contribution in [1.29, 1.82) is 0 Å². The molecule has 4 nitrogen and oxygen atoms in total. The van der Waals surface area contributed by atoms with E-state index in [1.54, 1.807) is 43.5 Å². The van der Waals surface area contributed by atoms with Crippen LogP contribution in [0.15, 0.2) is 53.4 Å². The highest BCUT2D eigenvalue weighted by Gasteiger charge is 2.13. The fourth-order valence-corrected chi connectivity index (χ4v) is 3.06. The third kappa shape index (κ3) is 3.98. The Morgan fingerprint density at radius 3 is 2.14 bits per heavy atom. The van der Waals surface area contributed by atoms with E-state index in [1.807, 2.05) is 12.1 Å². The zero-order chi connectivity index (χ0) is 15.3. The standard InChI is InChI=1S/C16H19NO3S/c1-3-4-13-5-11-16(12-6-13)21(18,19)17-14-7-9-15(20-2)10-8-14/h5-12,17H,3-4H2,1-2H3. The van der Waals surface area contributed by atoms with Crippen LogP contribution in [0.3, 0.4) is 0 Å². The van der Waals surface area contributed by atoms with Crippen molar-refractivity contribution in [2.24, 2.45) is 0 Å². The highest BCUT2D eigenvalue weighted by atomic mass is 32.2. The fraction of sp³-hybridized carbons (Fsp3) is 0.250. The summed E-state index contributed by atoms with van der Waals surface area (Å²) in [4.78, 5) is 0.262. The van der Waals surface area contributed by atoms with Crippen molar-refractivity contribution in [3.05, 3.63) is 54.1 Å². The predicted molar refractivity (Wildman–Crippen MR) is 84.2 cm³/mol. The molecule has 0 aliphatic carbocycles. The van der Waals surface area contributed by atoms with Crippen LogP contribution < -0.4 is 9.46 Å². The van der Waals surface area contributed by atoms with Crippen molar-refractivity contribution >= 4 is 15.7 Å². The Kier molecular flexibility index (Phi) is 4.85. The van der Waals surface area contributed by atoms with Crippen LogP contribution in [0.2, 0.25) is 0 Å². The number of sulfonamides is 1. The van der Waals surface area contributed by atoms with Gasteiger partial charge in [0.25, 0.3) is 10.0 Å². The van der Waals surface area contributed by atoms with Crippen LogP contribution in [0, 0.1) is 0 Å². The number of rotatable bonds is 6. The van der Waals surface area contributed by atoms with Gasteiger partial charge in [-0.05, 0) is 48.4 Å². The summed E-state index contributed by atoms with van der Waals surface area (Å²) in [6, 6.07) is 13.7. The molecule has 0 saturated carbocycles. The molecule has 0 unspecified atom stereocenters. The number of ether oxygens (including phenoxy) is 1. The van der Waals surface area contributed by atoms with Gasteiger partial charge in [-0.2, -0.15) is 0 Å². The number of benzene rings is 2. The van der Waals surface area contributed by atoms with Crippen molar-refractivity contribution in [3.63, 3.8) is 0 Å². The molecule has 21 heavy (non-hydrogen) atoms. The number of hydrogen-bond donors (Lipinski definition) is 1. The van der Waals surface area contributed by atoms with Gasteiger partial charge in [0.1, 0.15) is 5.75 Å². The summed E-state index contributed by atoms with van der Waals surface area (Å²) in [5.41, 5.74) is 1.65. The summed E-state index contributed by atoms with van der Waals surface area (Å²) >= 11 is 0. The average molecular weight is 305 g/mol. The second kappa shape index (κ2) is 6.63. The molecule has 0 heterocycles. The van der Waals surface area contributed by atoms with Crippen LogP contribution in [-0.2, 0) is 16.4 Å². The summed E-state index contributed by atoms with van der Waals surface area (Å²) < 4.78 is 32.2. The molecule has 1 N–H and O–H groups in total. The number of methoxy groups -OCH3 is 1. The lowest BCUT2D eigenvalue weighted by Gasteiger charge is -2.09. The van der Waals surface area contributed by atoms with Gasteiger partial charge in [0.05, 0.1) is 12.0 Å². The van der Waals surface area contributed by atoms with Gasteiger partial charge in [-0.3, -0.25) is 4.72 Å². The number of nitrogens with one attached hydrogen (secondary N) is 1. The van der Waals surface area contributed by atoms with Gasteiger partial charge in [0.15, 0.2) is 0 Å². The molecule has 0 radical (unpaired) electrons. The normalized spacial score (nSPS) is 11.1. The lowest BCUT2D eigenvalue weighted by atomic mass is 10.1. The van der Waals surface area contributed by atoms with Gasteiger partial charge in [-0.25, -0.2) is 8.42 Å². The first-order valence-corrected chi connectivity index (χ1v) is 8.29. The lowest BCUT2D eigenvalue weighted by molar-refractivity contribution is 0.415. The van der Waals surface area contributed by atoms with E-state index >= 15 is 0 Å². The molecule has 112 valence electrons. The zero-order valence-corrected chi connectivity index (χ0v) is 13.0. The summed E-state index contributed by atoms with van der Waals surface area (Å²) in [7, 11) is -1.99. The molecule has 2 aromatic carbocycles. The van der Waals surface area contributed by atoms with E-state index in [0.29, 0.717) is 11.4 Å². The first-order valence-electron chi connectivity index (χ1n) is 6.81. The van der Waals surface area contributed by atoms with E-state index < -0.39 is 10.0 Å². The van der Waals surface area contributed by atoms with Crippen molar-refractivity contribution in [2.75, 3.05) is 11.8 Å². The van der Waals surface area contributed by atoms with E-state index in [2.05, 4.69) is 11.6 Å². The van der Waals surface area contributed by atoms with Crippen molar-refractivity contribution < 1.29 is 13.2 Å². The molecule has 0 aliphatic heterocycles. The first-order chi connectivity index (χ1) is 10.0. The van der Waals surface area contributed by atoms with Crippen LogP contribution in [0.4, 0.5) is 5.69 Å². The molecule has 2 rings (SSSR count). The second-order valence-corrected chi connectivity index (χ2v) is 6.41. The van der Waals surface area contributed by atoms with Crippen molar-refractivity contribution in [3.8, 4) is 5.75 Å². The average Bonchev–Trinajstić information content (AvgIpc) is 2.48. The summed E-state index contributed by atoms with van der Waals surface area (Å²) in [6.45, 7) is 2.09. The Balaban J connectivity index is 2.16. The highest BCUT2D eigenvalue weighted by molar-refractivity contribution is 7.92. The SMILES string of the molecule is CCCc1ccc(S(=O)(=O)Nc2ccc(OC)cc2)cc1. The Hall–Kier alpha value is -2.01. The van der Waals surface area contributed by atoms with Gasteiger partial charge in [-0.1, -0.05) is 25.5 Å². The Morgan fingerprint density at radius 1 is 1.00 bits per heavy atom. The Morgan fingerprint density at radius 2 is 1.62 bits per heavy atom. The smallest absolute Gasteiger partial charge is 0.261 e. The monoisotopic (exact) mass is 305 g/mol. The molecule has 0 amide bonds. The van der Waals surface area contributed by atoms with Crippen LogP contribution in [0.1, 0.15) is 18.9 Å². The fourth-order valence-electron chi connectivity index (χ4n) is 2.00. The molecule has 0 aromatic heterocycles. The molecular formula is C16H19NO3S. The molecule has 0 bridgehead atoms. The maximum Gasteiger partial charge on any atom is 0.261 e. The van der Waals surface area contributed by atoms with Gasteiger partial charge in [0, 0.05) is 5.69 Å². The van der Waals surface area contributed by atoms with Crippen LogP contribution in [-0.4, -0.2) is 15.5 Å². The summed E-state index contributed by atoms with van der Waals surface area (Å²) in [6.07, 6.45) is 1.99. The molecule has 0 fully saturated rings. The van der Waals surface area contributed by atoms with E-state index in [9.17, 15) is 8.42 Å². The number of anilines is 1. The highest BCUT2D eigenvalue weighted by Crippen LogP contribution is 2.19. The third-order valence-corrected chi connectivity index (χ3v) is 4.51. The van der Waals surface area contributed by atoms with Gasteiger partial charge in [0.2, 0.25) is 0 Å². The second-order valence-electron chi connectivity index (χ2n) is 4.73. The molecule has 0 aliphatic rings. The maximum atomic E-state index is 12.3. The molecular weight excluding hydrogens is 286 g/mol. The van der Waals surface area contributed by atoms with Crippen LogP contribution in [0.5, 0.6) is 5.75 Å². The third-order valence-electron chi connectivity index (χ3n) is 3.11. The molecule has 0 spiro atoms. The van der Waals surface area contributed by atoms with Crippen LogP contribution >= 0.6 is 0 Å². The summed E-state index contributed by atoms with van der Waals surface area (Å²) in [5.74, 6) is 0.682. The largest absolute Gasteiger partial charge is 0.497 e. The first kappa shape index (κ1) is 15.4. The zero-order valence-electron chi connectivity index (χ0n) is 12.2. The van der Waals surface area contributed by atoms with Gasteiger partial charge >= 0.3 is 0 Å². The Labute approximate surface area is 125 Å². The lowest BCUT2D eigenvalue weighted by Crippen LogP contribution is -2.12. The quantitative estimate of drug-likeness (QED) is 0.889. The minimum absolute atomic E-state index is 0.262. The van der Waals surface area contributed by atoms with Gasteiger partial charge in [-0.15, -0.1) is 0 Å². The van der Waals surface area contributed by atoms with E-state index in [0.717, 1.165) is 18.4 Å². The number of aryl methyl sites for hydroxylation is 1. The molecule has 2 aromatic rings. The minimum atomic E-state index is -3.56. The minimum Gasteiger partial charge on any atom is -0.497 e. The molecule has 0 atom stereocenters. The Bertz CT molecular complexity index is 676. The van der Waals surface area contributed by atoms with E-state index in [1.165, 1.54) is 0 Å². The molecule has 0 saturated heterocycles. The number of hydrogen-bond acceptors (Lipinski definition) is 3. The van der Waals surface area contributed by atoms with Crippen molar-refractivity contribution in [1.82, 2.24) is 0 Å². The van der Waals surface area contributed by atoms with Gasteiger partial charge < -0.3 is 4.74 Å². The predicted octanol–water partition coefficient (Wildman–Crippen LogP) is 3.45. The molecule has 5 heteroatoms. The summed E-state index contributed by atoms with van der Waals surface area (Å²) in [5, 5.41) is 0. The van der Waals surface area contributed by atoms with E-state index in [4.69, 9.17) is 4.74 Å².